The molecule has 2 rings (SSSR count). The molecule has 3 N–H and O–H groups in total. The third kappa shape index (κ3) is 6.71. The van der Waals surface area contributed by atoms with E-state index >= 15 is 0 Å². The van der Waals surface area contributed by atoms with Gasteiger partial charge in [-0.2, -0.15) is 0 Å². The van der Waals surface area contributed by atoms with E-state index in [2.05, 4.69) is 53.6 Å². The number of rotatable bonds is 10. The van der Waals surface area contributed by atoms with Crippen LogP contribution in [0.4, 0.5) is 0 Å². The van der Waals surface area contributed by atoms with E-state index < -0.39 is 0 Å². The number of amides is 2. The van der Waals surface area contributed by atoms with E-state index in [9.17, 15) is 9.59 Å². The molecule has 0 unspecified atom stereocenters. The van der Waals surface area contributed by atoms with Gasteiger partial charge in [0, 0.05) is 26.4 Å². The Hall–Kier alpha value is -2.35. The van der Waals surface area contributed by atoms with Crippen molar-refractivity contribution in [2.75, 3.05) is 12.3 Å². The Morgan fingerprint density at radius 1 is 1.19 bits per heavy atom. The van der Waals surface area contributed by atoms with Crippen molar-refractivity contribution in [1.82, 2.24) is 20.1 Å². The monoisotopic (exact) mass is 389 g/mol. The highest BCUT2D eigenvalue weighted by Crippen LogP contribution is 2.16. The molecule has 0 fully saturated rings. The molecule has 0 spiro atoms. The second kappa shape index (κ2) is 10.1. The van der Waals surface area contributed by atoms with Crippen LogP contribution >= 0.6 is 11.8 Å². The number of benzene rings is 1. The van der Waals surface area contributed by atoms with E-state index in [-0.39, 0.29) is 24.0 Å². The van der Waals surface area contributed by atoms with Crippen LogP contribution in [0.25, 0.3) is 0 Å². The minimum atomic E-state index is -0.370. The maximum Gasteiger partial charge on any atom is 0.230 e. The highest BCUT2D eigenvalue weighted by atomic mass is 32.2. The van der Waals surface area contributed by atoms with Crippen LogP contribution in [0.1, 0.15) is 43.1 Å². The maximum atomic E-state index is 12.0. The number of thioether (sulfide) groups is 1. The molecule has 8 heteroatoms. The van der Waals surface area contributed by atoms with Crippen molar-refractivity contribution in [3.63, 3.8) is 0 Å². The van der Waals surface area contributed by atoms with Crippen molar-refractivity contribution >= 4 is 23.6 Å². The normalized spacial score (nSPS) is 11.0. The molecule has 146 valence electrons. The quantitative estimate of drug-likeness (QED) is 0.603. The fraction of sp³-hybridized carbons (Fsp3) is 0.474. The van der Waals surface area contributed by atoms with E-state index in [1.165, 1.54) is 22.9 Å². The van der Waals surface area contributed by atoms with Gasteiger partial charge in [-0.1, -0.05) is 49.9 Å². The molecule has 1 aromatic carbocycles. The van der Waals surface area contributed by atoms with Crippen LogP contribution in [0.2, 0.25) is 0 Å². The molecule has 0 atom stereocenters. The summed E-state index contributed by atoms with van der Waals surface area (Å²) in [4.78, 5) is 22.9. The zero-order chi connectivity index (χ0) is 19.8. The zero-order valence-corrected chi connectivity index (χ0v) is 16.9. The number of aryl methyl sites for hydroxylation is 1. The van der Waals surface area contributed by atoms with Crippen molar-refractivity contribution in [2.45, 2.75) is 44.2 Å². The number of carbonyl (C=O) groups is 2. The molecule has 0 radical (unpaired) electrons. The Labute approximate surface area is 164 Å². The lowest BCUT2D eigenvalue weighted by Crippen LogP contribution is -2.27. The third-order valence-corrected chi connectivity index (χ3v) is 5.25. The molecule has 2 aromatic rings. The Balaban J connectivity index is 1.72. The minimum Gasteiger partial charge on any atom is -0.370 e. The van der Waals surface area contributed by atoms with Crippen molar-refractivity contribution in [3.8, 4) is 0 Å². The Morgan fingerprint density at radius 3 is 2.52 bits per heavy atom. The molecule has 0 saturated heterocycles. The average Bonchev–Trinajstić information content (AvgIpc) is 2.98. The number of nitrogens with zero attached hydrogens (tertiary/aromatic N) is 3. The third-order valence-electron chi connectivity index (χ3n) is 4.23. The first-order chi connectivity index (χ1) is 12.9. The van der Waals surface area contributed by atoms with Gasteiger partial charge in [0.1, 0.15) is 5.82 Å². The number of aromatic nitrogens is 3. The van der Waals surface area contributed by atoms with Crippen LogP contribution in [-0.2, 0) is 29.5 Å². The highest BCUT2D eigenvalue weighted by Gasteiger charge is 2.12. The topological polar surface area (TPSA) is 103 Å². The van der Waals surface area contributed by atoms with E-state index in [1.807, 2.05) is 7.05 Å². The van der Waals surface area contributed by atoms with Crippen molar-refractivity contribution in [2.24, 2.45) is 12.8 Å². The first-order valence-corrected chi connectivity index (χ1v) is 10.00. The second-order valence-corrected chi connectivity index (χ2v) is 7.65. The van der Waals surface area contributed by atoms with Crippen LogP contribution in [0.5, 0.6) is 0 Å². The number of hydrogen-bond acceptors (Lipinski definition) is 5. The highest BCUT2D eigenvalue weighted by molar-refractivity contribution is 7.99. The summed E-state index contributed by atoms with van der Waals surface area (Å²) in [5.41, 5.74) is 7.68. The van der Waals surface area contributed by atoms with Crippen LogP contribution in [-0.4, -0.2) is 38.9 Å². The zero-order valence-electron chi connectivity index (χ0n) is 16.1. The molecule has 0 aliphatic heterocycles. The Morgan fingerprint density at radius 2 is 1.89 bits per heavy atom. The summed E-state index contributed by atoms with van der Waals surface area (Å²) in [5.74, 6) is 1.06. The summed E-state index contributed by atoms with van der Waals surface area (Å²) in [7, 11) is 1.82. The second-order valence-electron chi connectivity index (χ2n) is 6.71. The summed E-state index contributed by atoms with van der Waals surface area (Å²) >= 11 is 1.32. The van der Waals surface area contributed by atoms with Gasteiger partial charge in [0.2, 0.25) is 11.8 Å². The average molecular weight is 390 g/mol. The molecule has 0 saturated carbocycles. The first kappa shape index (κ1) is 21.0. The predicted octanol–water partition coefficient (Wildman–Crippen LogP) is 1.81. The number of hydrogen-bond donors (Lipinski definition) is 2. The van der Waals surface area contributed by atoms with E-state index in [0.717, 1.165) is 6.42 Å². The molecule has 1 heterocycles. The van der Waals surface area contributed by atoms with E-state index in [4.69, 9.17) is 5.73 Å². The first-order valence-electron chi connectivity index (χ1n) is 9.01. The van der Waals surface area contributed by atoms with Gasteiger partial charge < -0.3 is 15.6 Å². The van der Waals surface area contributed by atoms with Crippen molar-refractivity contribution < 1.29 is 9.59 Å². The van der Waals surface area contributed by atoms with Gasteiger partial charge >= 0.3 is 0 Å². The number of nitrogens with two attached hydrogens (primary N) is 1. The lowest BCUT2D eigenvalue weighted by Gasteiger charge is -2.08. The fourth-order valence-electron chi connectivity index (χ4n) is 2.52. The summed E-state index contributed by atoms with van der Waals surface area (Å²) < 4.78 is 1.79. The molecular formula is C19H27N5O2S. The summed E-state index contributed by atoms with van der Waals surface area (Å²) in [6, 6.07) is 8.51. The standard InChI is InChI=1S/C19H27N5O2S/c1-13(2)15-6-4-14(5-7-15)10-11-21-18(26)12-27-19-23-22-17(24(19)3)9-8-16(20)25/h4-7,13H,8-12H2,1-3H3,(H2,20,25)(H,21,26). The largest absolute Gasteiger partial charge is 0.370 e. The van der Waals surface area contributed by atoms with Crippen LogP contribution in [0.3, 0.4) is 0 Å². The van der Waals surface area contributed by atoms with E-state index in [0.29, 0.717) is 29.9 Å². The molecule has 0 aliphatic rings. The van der Waals surface area contributed by atoms with Crippen molar-refractivity contribution in [3.05, 3.63) is 41.2 Å². The smallest absolute Gasteiger partial charge is 0.230 e. The van der Waals surface area contributed by atoms with E-state index in [1.54, 1.807) is 4.57 Å². The minimum absolute atomic E-state index is 0.0412. The predicted molar refractivity (Wildman–Crippen MR) is 106 cm³/mol. The molecule has 1 aromatic heterocycles. The number of primary amides is 1. The number of nitrogens with one attached hydrogen (secondary N) is 1. The molecule has 7 nitrogen and oxygen atoms in total. The SMILES string of the molecule is CC(C)c1ccc(CCNC(=O)CSc2nnc(CCC(N)=O)n2C)cc1. The lowest BCUT2D eigenvalue weighted by atomic mass is 10.0. The van der Waals surface area contributed by atoms with Crippen LogP contribution in [0.15, 0.2) is 29.4 Å². The molecule has 0 bridgehead atoms. The molecule has 0 aliphatic carbocycles. The lowest BCUT2D eigenvalue weighted by molar-refractivity contribution is -0.119. The molecule has 2 amide bonds. The summed E-state index contributed by atoms with van der Waals surface area (Å²) in [6.45, 7) is 4.94. The van der Waals surface area contributed by atoms with Gasteiger partial charge in [0.15, 0.2) is 5.16 Å². The van der Waals surface area contributed by atoms with Gasteiger partial charge in [0.05, 0.1) is 5.75 Å². The van der Waals surface area contributed by atoms with Crippen molar-refractivity contribution in [1.29, 1.82) is 0 Å². The summed E-state index contributed by atoms with van der Waals surface area (Å²) in [5, 5.41) is 11.7. The molecule has 27 heavy (non-hydrogen) atoms. The Kier molecular flexibility index (Phi) is 7.84. The van der Waals surface area contributed by atoms with Gasteiger partial charge in [-0.3, -0.25) is 9.59 Å². The fourth-order valence-corrected chi connectivity index (χ4v) is 3.28. The molecular weight excluding hydrogens is 362 g/mol. The summed E-state index contributed by atoms with van der Waals surface area (Å²) in [6.07, 6.45) is 1.48. The van der Waals surface area contributed by atoms with Crippen LogP contribution < -0.4 is 11.1 Å². The van der Waals surface area contributed by atoms with Gasteiger partial charge in [-0.15, -0.1) is 10.2 Å². The Bertz CT molecular complexity index is 771. The number of carbonyl (C=O) groups excluding carboxylic acids is 2. The maximum absolute atomic E-state index is 12.0. The van der Waals surface area contributed by atoms with Gasteiger partial charge in [-0.25, -0.2) is 0 Å². The van der Waals surface area contributed by atoms with Gasteiger partial charge in [-0.05, 0) is 23.5 Å². The van der Waals surface area contributed by atoms with Crippen LogP contribution in [0, 0.1) is 0 Å². The van der Waals surface area contributed by atoms with Gasteiger partial charge in [0.25, 0.3) is 0 Å².